The van der Waals surface area contributed by atoms with E-state index in [-0.39, 0.29) is 5.91 Å². The van der Waals surface area contributed by atoms with E-state index in [1.165, 1.54) is 18.6 Å². The summed E-state index contributed by atoms with van der Waals surface area (Å²) in [6.07, 6.45) is 4.48. The fourth-order valence-corrected chi connectivity index (χ4v) is 1.87. The van der Waals surface area contributed by atoms with E-state index in [1.54, 1.807) is 7.11 Å². The molecule has 0 aliphatic rings. The molecule has 0 saturated carbocycles. The average Bonchev–Trinajstić information content (AvgIpc) is 2.62. The lowest BCUT2D eigenvalue weighted by atomic mass is 10.3. The molecule has 0 spiro atoms. The van der Waals surface area contributed by atoms with Gasteiger partial charge in [0.15, 0.2) is 0 Å². The van der Waals surface area contributed by atoms with Crippen molar-refractivity contribution < 1.29 is 19.6 Å². The van der Waals surface area contributed by atoms with Crippen LogP contribution >= 0.6 is 0 Å². The van der Waals surface area contributed by atoms with Crippen molar-refractivity contribution in [2.24, 2.45) is 0 Å². The van der Waals surface area contributed by atoms with E-state index in [9.17, 15) is 4.79 Å². The van der Waals surface area contributed by atoms with Gasteiger partial charge in [0.2, 0.25) is 0 Å². The molecule has 3 N–H and O–H groups in total. The highest BCUT2D eigenvalue weighted by atomic mass is 16.5. The number of ether oxygens (including phenoxy) is 2. The van der Waals surface area contributed by atoms with Gasteiger partial charge in [-0.25, -0.2) is 4.98 Å². The van der Waals surface area contributed by atoms with Crippen LogP contribution in [0.3, 0.4) is 0 Å². The minimum Gasteiger partial charge on any atom is -0.497 e. The Bertz CT molecular complexity index is 590. The number of amides is 1. The number of rotatable bonds is 9. The first-order chi connectivity index (χ1) is 11.3. The summed E-state index contributed by atoms with van der Waals surface area (Å²) in [7, 11) is 1.63. The lowest BCUT2D eigenvalue weighted by molar-refractivity contribution is -0.653. The quantitative estimate of drug-likeness (QED) is 0.628. The fourth-order valence-electron chi connectivity index (χ4n) is 1.87. The van der Waals surface area contributed by atoms with E-state index < -0.39 is 0 Å². The van der Waals surface area contributed by atoms with E-state index in [0.717, 1.165) is 24.6 Å². The topological polar surface area (TPSA) is 90.0 Å². The van der Waals surface area contributed by atoms with Crippen LogP contribution in [0.1, 0.15) is 10.5 Å². The number of hydrogen-bond donors (Lipinski definition) is 2. The number of nitrogens with zero attached hydrogens (tertiary/aromatic N) is 2. The molecular weight excluding hydrogens is 296 g/mol. The first kappa shape index (κ1) is 16.7. The summed E-state index contributed by atoms with van der Waals surface area (Å²) in [5.41, 5.74) is 0.329. The Hall–Kier alpha value is -2.67. The van der Waals surface area contributed by atoms with Crippen LogP contribution in [-0.2, 0) is 0 Å². The summed E-state index contributed by atoms with van der Waals surface area (Å²) in [4.78, 5) is 19.5. The van der Waals surface area contributed by atoms with Crippen molar-refractivity contribution >= 4 is 5.91 Å². The van der Waals surface area contributed by atoms with Gasteiger partial charge in [0, 0.05) is 12.4 Å². The maximum atomic E-state index is 11.7. The van der Waals surface area contributed by atoms with Crippen molar-refractivity contribution in [1.29, 1.82) is 0 Å². The molecule has 1 amide bonds. The van der Waals surface area contributed by atoms with Gasteiger partial charge in [0.1, 0.15) is 30.3 Å². The summed E-state index contributed by atoms with van der Waals surface area (Å²) < 4.78 is 10.7. The number of quaternary nitrogens is 1. The number of nitrogens with two attached hydrogens (primary N) is 1. The summed E-state index contributed by atoms with van der Waals surface area (Å²) in [6.45, 7) is 2.76. The zero-order valence-corrected chi connectivity index (χ0v) is 13.1. The molecular formula is C16H21N4O3+. The zero-order chi connectivity index (χ0) is 16.3. The maximum Gasteiger partial charge on any atom is 0.271 e. The number of methoxy groups -OCH3 is 1. The van der Waals surface area contributed by atoms with Crippen molar-refractivity contribution in [3.8, 4) is 11.5 Å². The first-order valence-corrected chi connectivity index (χ1v) is 7.42. The van der Waals surface area contributed by atoms with Gasteiger partial charge < -0.3 is 20.1 Å². The molecule has 1 heterocycles. The van der Waals surface area contributed by atoms with Gasteiger partial charge in [-0.05, 0) is 24.3 Å². The molecule has 0 unspecified atom stereocenters. The highest BCUT2D eigenvalue weighted by Gasteiger charge is 2.05. The van der Waals surface area contributed by atoms with Gasteiger partial charge in [0.25, 0.3) is 5.91 Å². The number of hydrogen-bond acceptors (Lipinski definition) is 5. The van der Waals surface area contributed by atoms with Crippen LogP contribution < -0.4 is 20.1 Å². The lowest BCUT2D eigenvalue weighted by Gasteiger charge is -2.07. The van der Waals surface area contributed by atoms with Crippen LogP contribution in [0.2, 0.25) is 0 Å². The molecule has 7 nitrogen and oxygen atoms in total. The van der Waals surface area contributed by atoms with Gasteiger partial charge in [-0.3, -0.25) is 9.78 Å². The van der Waals surface area contributed by atoms with Crippen LogP contribution in [-0.4, -0.2) is 49.2 Å². The minimum absolute atomic E-state index is 0.207. The van der Waals surface area contributed by atoms with Crippen molar-refractivity contribution in [2.75, 3.05) is 33.4 Å². The highest BCUT2D eigenvalue weighted by molar-refractivity contribution is 5.91. The monoisotopic (exact) mass is 317 g/mol. The van der Waals surface area contributed by atoms with Crippen LogP contribution in [0.25, 0.3) is 0 Å². The van der Waals surface area contributed by atoms with Crippen molar-refractivity contribution in [2.45, 2.75) is 0 Å². The Kier molecular flexibility index (Phi) is 6.80. The zero-order valence-electron chi connectivity index (χ0n) is 13.1. The second kappa shape index (κ2) is 9.37. The molecule has 0 fully saturated rings. The molecule has 0 aliphatic heterocycles. The molecule has 2 aromatic rings. The minimum atomic E-state index is -0.207. The third-order valence-electron chi connectivity index (χ3n) is 3.08. The molecule has 0 aliphatic carbocycles. The Morgan fingerprint density at radius 1 is 1.17 bits per heavy atom. The molecule has 0 bridgehead atoms. The molecule has 1 aromatic heterocycles. The predicted octanol–water partition coefficient (Wildman–Crippen LogP) is -0.143. The van der Waals surface area contributed by atoms with Crippen LogP contribution in [0, 0.1) is 0 Å². The first-order valence-electron chi connectivity index (χ1n) is 7.42. The van der Waals surface area contributed by atoms with Crippen molar-refractivity contribution in [3.05, 3.63) is 48.5 Å². The molecule has 0 atom stereocenters. The SMILES string of the molecule is COc1ccc(OCC[NH2+]CCNC(=O)c2cnccn2)cc1. The highest BCUT2D eigenvalue weighted by Crippen LogP contribution is 2.16. The number of aromatic nitrogens is 2. The van der Waals surface area contributed by atoms with E-state index in [4.69, 9.17) is 9.47 Å². The maximum absolute atomic E-state index is 11.7. The second-order valence-corrected chi connectivity index (χ2v) is 4.74. The van der Waals surface area contributed by atoms with E-state index in [2.05, 4.69) is 20.6 Å². The summed E-state index contributed by atoms with van der Waals surface area (Å²) in [5.74, 6) is 1.42. The number of benzene rings is 1. The molecule has 2 rings (SSSR count). The lowest BCUT2D eigenvalue weighted by Crippen LogP contribution is -2.86. The number of carbonyl (C=O) groups excluding carboxylic acids is 1. The molecule has 7 heteroatoms. The Labute approximate surface area is 135 Å². The van der Waals surface area contributed by atoms with Crippen LogP contribution in [0.5, 0.6) is 11.5 Å². The Balaban J connectivity index is 1.53. The number of carbonyl (C=O) groups is 1. The van der Waals surface area contributed by atoms with Crippen LogP contribution in [0.4, 0.5) is 0 Å². The summed E-state index contributed by atoms with van der Waals surface area (Å²) in [6, 6.07) is 7.47. The van der Waals surface area contributed by atoms with Gasteiger partial charge in [-0.1, -0.05) is 0 Å². The fraction of sp³-hybridized carbons (Fsp3) is 0.312. The van der Waals surface area contributed by atoms with Crippen molar-refractivity contribution in [1.82, 2.24) is 15.3 Å². The Morgan fingerprint density at radius 3 is 2.65 bits per heavy atom. The smallest absolute Gasteiger partial charge is 0.271 e. The third-order valence-corrected chi connectivity index (χ3v) is 3.08. The van der Waals surface area contributed by atoms with Gasteiger partial charge in [-0.15, -0.1) is 0 Å². The van der Waals surface area contributed by atoms with E-state index in [1.807, 2.05) is 24.3 Å². The van der Waals surface area contributed by atoms with E-state index >= 15 is 0 Å². The van der Waals surface area contributed by atoms with Gasteiger partial charge in [-0.2, -0.15) is 0 Å². The second-order valence-electron chi connectivity index (χ2n) is 4.74. The van der Waals surface area contributed by atoms with Gasteiger partial charge >= 0.3 is 0 Å². The Morgan fingerprint density at radius 2 is 1.96 bits per heavy atom. The molecule has 0 radical (unpaired) electrons. The summed E-state index contributed by atoms with van der Waals surface area (Å²) >= 11 is 0. The van der Waals surface area contributed by atoms with Crippen molar-refractivity contribution in [3.63, 3.8) is 0 Å². The number of nitrogens with one attached hydrogen (secondary N) is 1. The molecule has 1 aromatic carbocycles. The summed E-state index contributed by atoms with van der Waals surface area (Å²) in [5, 5.41) is 4.88. The normalized spacial score (nSPS) is 10.1. The molecule has 23 heavy (non-hydrogen) atoms. The third kappa shape index (κ3) is 5.91. The molecule has 122 valence electrons. The predicted molar refractivity (Wildman–Crippen MR) is 84.5 cm³/mol. The van der Waals surface area contributed by atoms with Gasteiger partial charge in [0.05, 0.1) is 26.4 Å². The van der Waals surface area contributed by atoms with Crippen LogP contribution in [0.15, 0.2) is 42.9 Å². The standard InChI is InChI=1S/C16H20N4O3/c1-22-13-2-4-14(5-3-13)23-11-10-17-6-9-20-16(21)15-12-18-7-8-19-15/h2-5,7-8,12,17H,6,9-11H2,1H3,(H,20,21)/p+1. The van der Waals surface area contributed by atoms with E-state index in [0.29, 0.717) is 18.8 Å². The molecule has 0 saturated heterocycles. The average molecular weight is 317 g/mol. The largest absolute Gasteiger partial charge is 0.497 e.